The lowest BCUT2D eigenvalue weighted by Crippen LogP contribution is -2.21. The zero-order valence-corrected chi connectivity index (χ0v) is 17.5. The van der Waals surface area contributed by atoms with Gasteiger partial charge in [0.2, 0.25) is 5.82 Å². The van der Waals surface area contributed by atoms with Crippen LogP contribution in [0.15, 0.2) is 72.8 Å². The highest BCUT2D eigenvalue weighted by atomic mass is 19.1. The molecule has 0 spiro atoms. The quantitative estimate of drug-likeness (QED) is 0.178. The molecule has 0 saturated carbocycles. The number of esters is 1. The highest BCUT2D eigenvalue weighted by Gasteiger charge is 2.18. The molecule has 0 unspecified atom stereocenters. The number of benzene rings is 3. The average Bonchev–Trinajstić information content (AvgIpc) is 2.82. The molecule has 3 aromatic rings. The first-order valence-electron chi connectivity index (χ1n) is 9.69. The lowest BCUT2D eigenvalue weighted by molar-refractivity contribution is -0.387. The summed E-state index contributed by atoms with van der Waals surface area (Å²) in [6.07, 6.45) is 1.61. The number of hydrogen-bond donors (Lipinski definition) is 1. The van der Waals surface area contributed by atoms with Gasteiger partial charge in [-0.1, -0.05) is 42.5 Å². The highest BCUT2D eigenvalue weighted by Crippen LogP contribution is 2.23. The third kappa shape index (κ3) is 6.23. The number of amides is 1. The van der Waals surface area contributed by atoms with Crippen molar-refractivity contribution >= 4 is 34.9 Å². The summed E-state index contributed by atoms with van der Waals surface area (Å²) < 4.78 is 23.8. The van der Waals surface area contributed by atoms with Crippen LogP contribution in [-0.4, -0.2) is 30.5 Å². The molecule has 3 rings (SSSR count). The molecule has 0 radical (unpaired) electrons. The Morgan fingerprint density at radius 3 is 2.52 bits per heavy atom. The van der Waals surface area contributed by atoms with Crippen LogP contribution in [-0.2, 0) is 14.3 Å². The molecule has 0 aliphatic rings. The largest absolute Gasteiger partial charge is 0.497 e. The normalized spacial score (nSPS) is 10.9. The number of ether oxygens (including phenoxy) is 2. The van der Waals surface area contributed by atoms with Gasteiger partial charge in [-0.3, -0.25) is 14.9 Å². The van der Waals surface area contributed by atoms with Crippen molar-refractivity contribution in [1.29, 1.82) is 0 Å². The lowest BCUT2D eigenvalue weighted by atomic mass is 10.0. The fourth-order valence-electron chi connectivity index (χ4n) is 2.91. The van der Waals surface area contributed by atoms with Gasteiger partial charge in [-0.15, -0.1) is 0 Å². The number of nitro groups is 1. The standard InChI is InChI=1S/C24H19FN2O6/c1-32-19-9-5-6-16(12-19)13-20(17-7-3-2-4-8-17)24(29)33-15-23(28)26-18-10-11-21(25)22(14-18)27(30)31/h2-14H,15H2,1H3,(H,26,28). The maximum absolute atomic E-state index is 13.5. The van der Waals surface area contributed by atoms with Crippen LogP contribution < -0.4 is 10.1 Å². The summed E-state index contributed by atoms with van der Waals surface area (Å²) in [6.45, 7) is -0.647. The fraction of sp³-hybridized carbons (Fsp3) is 0.0833. The van der Waals surface area contributed by atoms with Gasteiger partial charge in [0, 0.05) is 11.8 Å². The first kappa shape index (κ1) is 23.1. The van der Waals surface area contributed by atoms with E-state index in [2.05, 4.69) is 5.32 Å². The number of nitrogens with one attached hydrogen (secondary N) is 1. The second kappa shape index (κ2) is 10.7. The monoisotopic (exact) mass is 450 g/mol. The molecule has 0 fully saturated rings. The van der Waals surface area contributed by atoms with Crippen LogP contribution in [0.4, 0.5) is 15.8 Å². The van der Waals surface area contributed by atoms with E-state index in [1.165, 1.54) is 13.2 Å². The van der Waals surface area contributed by atoms with E-state index < -0.39 is 34.9 Å². The first-order valence-corrected chi connectivity index (χ1v) is 9.69. The van der Waals surface area contributed by atoms with Crippen LogP contribution in [0.3, 0.4) is 0 Å². The minimum absolute atomic E-state index is 0.000598. The molecule has 168 valence electrons. The van der Waals surface area contributed by atoms with E-state index in [4.69, 9.17) is 9.47 Å². The van der Waals surface area contributed by atoms with Gasteiger partial charge in [0.1, 0.15) is 5.75 Å². The van der Waals surface area contributed by atoms with Crippen molar-refractivity contribution in [2.24, 2.45) is 0 Å². The summed E-state index contributed by atoms with van der Waals surface area (Å²) >= 11 is 0. The minimum Gasteiger partial charge on any atom is -0.497 e. The van der Waals surface area contributed by atoms with Gasteiger partial charge in [0.15, 0.2) is 6.61 Å². The predicted molar refractivity (Wildman–Crippen MR) is 120 cm³/mol. The average molecular weight is 450 g/mol. The predicted octanol–water partition coefficient (Wildman–Crippen LogP) is 4.47. The molecule has 0 aliphatic carbocycles. The summed E-state index contributed by atoms with van der Waals surface area (Å²) in [6, 6.07) is 18.8. The Kier molecular flexibility index (Phi) is 7.48. The maximum Gasteiger partial charge on any atom is 0.339 e. The summed E-state index contributed by atoms with van der Waals surface area (Å²) in [4.78, 5) is 34.9. The topological polar surface area (TPSA) is 108 Å². The Balaban J connectivity index is 1.75. The van der Waals surface area contributed by atoms with Crippen molar-refractivity contribution in [3.05, 3.63) is 99.9 Å². The Hall–Kier alpha value is -4.53. The molecule has 0 saturated heterocycles. The number of nitro benzene ring substituents is 1. The van der Waals surface area contributed by atoms with Crippen LogP contribution in [0.1, 0.15) is 11.1 Å². The van der Waals surface area contributed by atoms with Gasteiger partial charge in [-0.25, -0.2) is 4.79 Å². The molecule has 9 heteroatoms. The number of halogens is 1. The van der Waals surface area contributed by atoms with Crippen LogP contribution in [0.5, 0.6) is 5.75 Å². The second-order valence-electron chi connectivity index (χ2n) is 6.75. The number of nitrogens with zero attached hydrogens (tertiary/aromatic N) is 1. The summed E-state index contributed by atoms with van der Waals surface area (Å²) in [5.74, 6) is -1.90. The van der Waals surface area contributed by atoms with Crippen molar-refractivity contribution in [2.45, 2.75) is 0 Å². The van der Waals surface area contributed by atoms with E-state index in [0.29, 0.717) is 16.9 Å². The van der Waals surface area contributed by atoms with E-state index in [1.54, 1.807) is 60.7 Å². The molecule has 33 heavy (non-hydrogen) atoms. The van der Waals surface area contributed by atoms with Crippen molar-refractivity contribution in [3.8, 4) is 5.75 Å². The number of anilines is 1. The van der Waals surface area contributed by atoms with E-state index in [1.807, 2.05) is 0 Å². The van der Waals surface area contributed by atoms with E-state index in [-0.39, 0.29) is 11.3 Å². The molecular formula is C24H19FN2O6. The zero-order chi connectivity index (χ0) is 23.8. The van der Waals surface area contributed by atoms with Crippen LogP contribution in [0.25, 0.3) is 11.6 Å². The van der Waals surface area contributed by atoms with Crippen LogP contribution in [0.2, 0.25) is 0 Å². The number of carbonyl (C=O) groups is 2. The number of hydrogen-bond acceptors (Lipinski definition) is 6. The minimum atomic E-state index is -1.03. The van der Waals surface area contributed by atoms with Gasteiger partial charge in [0.05, 0.1) is 17.6 Å². The van der Waals surface area contributed by atoms with Crippen molar-refractivity contribution in [2.75, 3.05) is 19.0 Å². The van der Waals surface area contributed by atoms with Crippen LogP contribution >= 0.6 is 0 Å². The zero-order valence-electron chi connectivity index (χ0n) is 17.5. The maximum atomic E-state index is 13.5. The third-order valence-electron chi connectivity index (χ3n) is 4.47. The van der Waals surface area contributed by atoms with E-state index >= 15 is 0 Å². The fourth-order valence-corrected chi connectivity index (χ4v) is 2.91. The third-order valence-corrected chi connectivity index (χ3v) is 4.47. The van der Waals surface area contributed by atoms with E-state index in [0.717, 1.165) is 12.1 Å². The molecule has 1 N–H and O–H groups in total. The molecular weight excluding hydrogens is 431 g/mol. The van der Waals surface area contributed by atoms with Gasteiger partial charge in [-0.2, -0.15) is 4.39 Å². The van der Waals surface area contributed by atoms with Gasteiger partial charge in [0.25, 0.3) is 5.91 Å². The van der Waals surface area contributed by atoms with Crippen molar-refractivity contribution in [1.82, 2.24) is 0 Å². The molecule has 1 amide bonds. The Labute approximate surface area is 188 Å². The Bertz CT molecular complexity index is 1210. The van der Waals surface area contributed by atoms with Gasteiger partial charge < -0.3 is 14.8 Å². The molecule has 0 atom stereocenters. The SMILES string of the molecule is COc1cccc(C=C(C(=O)OCC(=O)Nc2ccc(F)c([N+](=O)[O-])c2)c2ccccc2)c1. The number of methoxy groups -OCH3 is 1. The Morgan fingerprint density at radius 2 is 1.82 bits per heavy atom. The molecule has 0 heterocycles. The molecule has 8 nitrogen and oxygen atoms in total. The first-order chi connectivity index (χ1) is 15.9. The summed E-state index contributed by atoms with van der Waals surface area (Å²) in [7, 11) is 1.53. The number of carbonyl (C=O) groups excluding carboxylic acids is 2. The lowest BCUT2D eigenvalue weighted by Gasteiger charge is -2.10. The van der Waals surface area contributed by atoms with Crippen molar-refractivity contribution < 1.29 is 28.4 Å². The van der Waals surface area contributed by atoms with Crippen LogP contribution in [0, 0.1) is 15.9 Å². The smallest absolute Gasteiger partial charge is 0.339 e. The summed E-state index contributed by atoms with van der Waals surface area (Å²) in [5, 5.41) is 13.2. The molecule has 0 aromatic heterocycles. The van der Waals surface area contributed by atoms with Crippen molar-refractivity contribution in [3.63, 3.8) is 0 Å². The summed E-state index contributed by atoms with van der Waals surface area (Å²) in [5.41, 5.74) is 0.707. The molecule has 0 aliphatic heterocycles. The number of rotatable bonds is 8. The highest BCUT2D eigenvalue weighted by molar-refractivity contribution is 6.22. The van der Waals surface area contributed by atoms with Gasteiger partial charge in [-0.05, 0) is 41.5 Å². The molecule has 0 bridgehead atoms. The van der Waals surface area contributed by atoms with Gasteiger partial charge >= 0.3 is 11.7 Å². The Morgan fingerprint density at radius 1 is 1.06 bits per heavy atom. The van der Waals surface area contributed by atoms with E-state index in [9.17, 15) is 24.1 Å². The molecule has 3 aromatic carbocycles. The second-order valence-corrected chi connectivity index (χ2v) is 6.75.